The quantitative estimate of drug-likeness (QED) is 0.349. The number of nitrogens with zero attached hydrogens (tertiary/aromatic N) is 1. The number of carboxylic acids is 1. The largest absolute Gasteiger partial charge is 0.478 e. The van der Waals surface area contributed by atoms with Crippen LogP contribution in [0.15, 0.2) is 48.6 Å². The normalized spacial score (nSPS) is 19.2. The molecule has 4 rings (SSSR count). The van der Waals surface area contributed by atoms with Crippen molar-refractivity contribution < 1.29 is 14.7 Å². The van der Waals surface area contributed by atoms with Gasteiger partial charge >= 0.3 is 5.97 Å². The lowest BCUT2D eigenvalue weighted by Crippen LogP contribution is -2.37. The zero-order valence-corrected chi connectivity index (χ0v) is 22.5. The fourth-order valence-electron chi connectivity index (χ4n) is 5.59. The van der Waals surface area contributed by atoms with Crippen LogP contribution in [0.3, 0.4) is 0 Å². The number of carbonyl (C=O) groups excluding carboxylic acids is 1. The van der Waals surface area contributed by atoms with Gasteiger partial charge in [-0.3, -0.25) is 9.69 Å². The van der Waals surface area contributed by atoms with Crippen LogP contribution in [0.2, 0.25) is 0 Å². The van der Waals surface area contributed by atoms with E-state index in [1.54, 1.807) is 36.4 Å². The molecule has 1 heterocycles. The molecule has 0 saturated carbocycles. The molecule has 1 N–H and O–H groups in total. The first-order valence-corrected chi connectivity index (χ1v) is 13.1. The Bertz CT molecular complexity index is 1230. The number of hydrogen-bond donors (Lipinski definition) is 1. The molecule has 0 radical (unpaired) electrons. The maximum atomic E-state index is 13.4. The summed E-state index contributed by atoms with van der Waals surface area (Å²) >= 11 is 0. The van der Waals surface area contributed by atoms with E-state index < -0.39 is 5.97 Å². The highest BCUT2D eigenvalue weighted by Gasteiger charge is 2.40. The lowest BCUT2D eigenvalue weighted by Gasteiger charge is -2.44. The molecule has 0 spiro atoms. The Balaban J connectivity index is 1.76. The van der Waals surface area contributed by atoms with Gasteiger partial charge in [0.15, 0.2) is 5.78 Å². The molecule has 190 valence electrons. The van der Waals surface area contributed by atoms with Crippen LogP contribution in [0.5, 0.6) is 0 Å². The first-order valence-electron chi connectivity index (χ1n) is 13.1. The summed E-state index contributed by atoms with van der Waals surface area (Å²) in [5.41, 5.74) is 7.13. The van der Waals surface area contributed by atoms with Gasteiger partial charge in [-0.15, -0.1) is 0 Å². The van der Waals surface area contributed by atoms with Crippen molar-refractivity contribution in [2.24, 2.45) is 0 Å². The highest BCUT2D eigenvalue weighted by Crippen LogP contribution is 2.49. The SMILES string of the molecule is CC(C)N1CC=C(c2cc(C(=O)C=Cc3ccc(C(=O)O)cc3)cc3c2C(C)(C)CCC3(C)C)CC1. The van der Waals surface area contributed by atoms with Gasteiger partial charge in [0.25, 0.3) is 0 Å². The molecule has 0 aromatic heterocycles. The maximum absolute atomic E-state index is 13.4. The van der Waals surface area contributed by atoms with Gasteiger partial charge in [-0.25, -0.2) is 4.79 Å². The van der Waals surface area contributed by atoms with Gasteiger partial charge < -0.3 is 5.11 Å². The van der Waals surface area contributed by atoms with Crippen molar-refractivity contribution >= 4 is 23.4 Å². The molecule has 1 aliphatic carbocycles. The number of rotatable bonds is 6. The molecule has 2 aromatic carbocycles. The summed E-state index contributed by atoms with van der Waals surface area (Å²) < 4.78 is 0. The molecule has 4 nitrogen and oxygen atoms in total. The van der Waals surface area contributed by atoms with E-state index in [0.29, 0.717) is 6.04 Å². The number of aromatic carboxylic acids is 1. The number of carboxylic acid groups (broad SMARTS) is 1. The molecule has 36 heavy (non-hydrogen) atoms. The Kier molecular flexibility index (Phi) is 7.12. The van der Waals surface area contributed by atoms with Crippen LogP contribution in [0.1, 0.15) is 104 Å². The third-order valence-electron chi connectivity index (χ3n) is 8.11. The van der Waals surface area contributed by atoms with E-state index in [2.05, 4.69) is 64.7 Å². The number of fused-ring (bicyclic) bond motifs is 1. The fraction of sp³-hybridized carbons (Fsp3) is 0.438. The van der Waals surface area contributed by atoms with Crippen LogP contribution in [-0.2, 0) is 10.8 Å². The predicted octanol–water partition coefficient (Wildman–Crippen LogP) is 7.13. The van der Waals surface area contributed by atoms with Gasteiger partial charge in [-0.2, -0.15) is 0 Å². The topological polar surface area (TPSA) is 57.6 Å². The third kappa shape index (κ3) is 5.24. The second-order valence-electron chi connectivity index (χ2n) is 11.9. The maximum Gasteiger partial charge on any atom is 0.335 e. The third-order valence-corrected chi connectivity index (χ3v) is 8.11. The van der Waals surface area contributed by atoms with Crippen molar-refractivity contribution in [3.8, 4) is 0 Å². The summed E-state index contributed by atoms with van der Waals surface area (Å²) in [6, 6.07) is 11.3. The minimum atomic E-state index is -0.956. The zero-order valence-electron chi connectivity index (χ0n) is 22.5. The number of benzene rings is 2. The lowest BCUT2D eigenvalue weighted by molar-refractivity contribution is 0.0696. The molecule has 0 saturated heterocycles. The van der Waals surface area contributed by atoms with Crippen LogP contribution in [0.4, 0.5) is 0 Å². The monoisotopic (exact) mass is 485 g/mol. The Hall–Kier alpha value is -2.98. The average Bonchev–Trinajstić information content (AvgIpc) is 2.85. The molecule has 0 amide bonds. The van der Waals surface area contributed by atoms with Gasteiger partial charge in [-0.05, 0) is 102 Å². The van der Waals surface area contributed by atoms with Crippen molar-refractivity contribution in [2.75, 3.05) is 13.1 Å². The van der Waals surface area contributed by atoms with Gasteiger partial charge in [0.1, 0.15) is 0 Å². The first-order chi connectivity index (χ1) is 16.9. The minimum absolute atomic E-state index is 0.00542. The Morgan fingerprint density at radius 2 is 1.64 bits per heavy atom. The molecule has 1 aliphatic heterocycles. The summed E-state index contributed by atoms with van der Waals surface area (Å²) in [5, 5.41) is 9.11. The van der Waals surface area contributed by atoms with Gasteiger partial charge in [0.2, 0.25) is 0 Å². The van der Waals surface area contributed by atoms with E-state index in [0.717, 1.165) is 43.5 Å². The number of ketones is 1. The van der Waals surface area contributed by atoms with E-state index in [-0.39, 0.29) is 22.2 Å². The molecule has 0 fully saturated rings. The molecular weight excluding hydrogens is 446 g/mol. The molecule has 2 aliphatic rings. The Morgan fingerprint density at radius 3 is 2.22 bits per heavy atom. The van der Waals surface area contributed by atoms with E-state index in [1.807, 2.05) is 0 Å². The first kappa shape index (κ1) is 26.1. The molecular formula is C32H39NO3. The lowest BCUT2D eigenvalue weighted by atomic mass is 9.61. The number of carbonyl (C=O) groups is 2. The van der Waals surface area contributed by atoms with E-state index in [9.17, 15) is 9.59 Å². The van der Waals surface area contributed by atoms with E-state index in [1.165, 1.54) is 22.3 Å². The second-order valence-corrected chi connectivity index (χ2v) is 11.9. The summed E-state index contributed by atoms with van der Waals surface area (Å²) in [5.74, 6) is -0.983. The number of hydrogen-bond acceptors (Lipinski definition) is 3. The standard InChI is InChI=1S/C32H39NO3/c1-21(2)33-17-13-23(14-18-33)26-19-25(20-27-29(26)32(5,6)16-15-31(27,3)4)28(34)12-9-22-7-10-24(11-8-22)30(35)36/h7-13,19-21H,14-18H2,1-6H3,(H,35,36). The second kappa shape index (κ2) is 9.82. The van der Waals surface area contributed by atoms with Crippen molar-refractivity contribution in [1.29, 1.82) is 0 Å². The molecule has 2 aromatic rings. The van der Waals surface area contributed by atoms with Crippen LogP contribution in [0, 0.1) is 0 Å². The minimum Gasteiger partial charge on any atom is -0.478 e. The van der Waals surface area contributed by atoms with Gasteiger partial charge in [-0.1, -0.05) is 52.0 Å². The fourth-order valence-corrected chi connectivity index (χ4v) is 5.59. The van der Waals surface area contributed by atoms with E-state index in [4.69, 9.17) is 5.11 Å². The summed E-state index contributed by atoms with van der Waals surface area (Å²) in [7, 11) is 0. The van der Waals surface area contributed by atoms with Crippen LogP contribution in [-0.4, -0.2) is 40.9 Å². The number of allylic oxidation sites excluding steroid dienone is 1. The van der Waals surface area contributed by atoms with Crippen molar-refractivity contribution in [3.05, 3.63) is 81.9 Å². The summed E-state index contributed by atoms with van der Waals surface area (Å²) in [6.07, 6.45) is 8.96. The van der Waals surface area contributed by atoms with E-state index >= 15 is 0 Å². The van der Waals surface area contributed by atoms with Crippen molar-refractivity contribution in [2.45, 2.75) is 77.7 Å². The predicted molar refractivity (Wildman–Crippen MR) is 148 cm³/mol. The summed E-state index contributed by atoms with van der Waals surface area (Å²) in [6.45, 7) is 15.7. The van der Waals surface area contributed by atoms with Crippen LogP contribution < -0.4 is 0 Å². The Morgan fingerprint density at radius 1 is 0.972 bits per heavy atom. The summed E-state index contributed by atoms with van der Waals surface area (Å²) in [4.78, 5) is 27.0. The average molecular weight is 486 g/mol. The van der Waals surface area contributed by atoms with Gasteiger partial charge in [0, 0.05) is 24.7 Å². The molecule has 4 heteroatoms. The molecule has 0 atom stereocenters. The van der Waals surface area contributed by atoms with Crippen LogP contribution in [0.25, 0.3) is 11.6 Å². The highest BCUT2D eigenvalue weighted by molar-refractivity contribution is 6.07. The molecule has 0 bridgehead atoms. The van der Waals surface area contributed by atoms with Crippen molar-refractivity contribution in [1.82, 2.24) is 4.90 Å². The zero-order chi connectivity index (χ0) is 26.3. The Labute approximate surface area is 215 Å². The smallest absolute Gasteiger partial charge is 0.335 e. The van der Waals surface area contributed by atoms with Crippen molar-refractivity contribution in [3.63, 3.8) is 0 Å². The van der Waals surface area contributed by atoms with Gasteiger partial charge in [0.05, 0.1) is 5.56 Å². The highest BCUT2D eigenvalue weighted by atomic mass is 16.4. The van der Waals surface area contributed by atoms with Crippen LogP contribution >= 0.6 is 0 Å². The molecule has 0 unspecified atom stereocenters.